The number of esters is 2. The molecule has 0 spiro atoms. The second-order valence-corrected chi connectivity index (χ2v) is 16.2. The predicted octanol–water partition coefficient (Wildman–Crippen LogP) is 5.16. The molecule has 5 heterocycles. The lowest BCUT2D eigenvalue weighted by Crippen LogP contribution is -2.56. The molecule has 0 saturated carbocycles. The Morgan fingerprint density at radius 1 is 0.764 bits per heavy atom. The molecule has 55 heavy (non-hydrogen) atoms. The smallest absolute Gasteiger partial charge is 0.336 e. The number of amides is 1. The van der Waals surface area contributed by atoms with Crippen molar-refractivity contribution in [1.29, 1.82) is 0 Å². The molecular formula is C42H53Cl2N5O6. The van der Waals surface area contributed by atoms with Crippen LogP contribution in [0.5, 0.6) is 0 Å². The minimum atomic E-state index is -1.04. The van der Waals surface area contributed by atoms with Crippen LogP contribution < -0.4 is 5.32 Å². The number of piperazine rings is 1. The zero-order chi connectivity index (χ0) is 38.6. The predicted molar refractivity (Wildman–Crippen MR) is 212 cm³/mol. The minimum Gasteiger partial charge on any atom is -0.466 e. The maximum Gasteiger partial charge on any atom is 0.336 e. The lowest BCUT2D eigenvalue weighted by atomic mass is 9.78. The summed E-state index contributed by atoms with van der Waals surface area (Å²) in [6, 6.07) is 15.2. The van der Waals surface area contributed by atoms with Gasteiger partial charge in [0.25, 0.3) is 0 Å². The number of dihydropyridines is 1. The lowest BCUT2D eigenvalue weighted by molar-refractivity contribution is -0.137. The summed E-state index contributed by atoms with van der Waals surface area (Å²) in [5.74, 6) is -2.46. The number of aryl methyl sites for hydroxylation is 1. The average molecular weight is 795 g/mol. The number of methoxy groups -OCH3 is 2. The highest BCUT2D eigenvalue weighted by Gasteiger charge is 2.43. The number of nitrogens with one attached hydrogen (secondary N) is 1. The van der Waals surface area contributed by atoms with Crippen molar-refractivity contribution in [2.45, 2.75) is 75.5 Å². The standard InChI is InChI=1S/C42H53Cl2N5O6/c1-46-29-12-13-30(46)24-31(23-29)48-15-17-49(18-16-48)36(50)25-35-39(42(52)54-3)40(37-32(43)9-6-10-33(37)44)38(41(51)53-2)34(45-35)14-11-27-7-4-5-8-28(27)26-47-19-21-55-22-20-47/h4-10,29-31,40,45H,11-26H2,1-3H3. The zero-order valence-corrected chi connectivity index (χ0v) is 33.7. The number of carbonyl (C=O) groups is 3. The van der Waals surface area contributed by atoms with Crippen molar-refractivity contribution < 1.29 is 28.6 Å². The maximum absolute atomic E-state index is 14.2. The molecule has 0 radical (unpaired) electrons. The van der Waals surface area contributed by atoms with Gasteiger partial charge in [0.05, 0.1) is 50.9 Å². The lowest BCUT2D eigenvalue weighted by Gasteiger charge is -2.45. The van der Waals surface area contributed by atoms with Crippen LogP contribution in [0.4, 0.5) is 0 Å². The van der Waals surface area contributed by atoms with Crippen LogP contribution in [0.3, 0.4) is 0 Å². The van der Waals surface area contributed by atoms with Crippen LogP contribution in [0.1, 0.15) is 61.1 Å². The summed E-state index contributed by atoms with van der Waals surface area (Å²) in [5.41, 5.74) is 3.95. The first kappa shape index (κ1) is 39.8. The summed E-state index contributed by atoms with van der Waals surface area (Å²) >= 11 is 13.7. The number of allylic oxidation sites excluding steroid dienone is 1. The Balaban J connectivity index is 1.18. The highest BCUT2D eigenvalue weighted by molar-refractivity contribution is 6.36. The Morgan fingerprint density at radius 2 is 1.36 bits per heavy atom. The number of nitrogens with zero attached hydrogens (tertiary/aromatic N) is 4. The molecule has 2 aromatic rings. The molecule has 1 N–H and O–H groups in total. The third kappa shape index (κ3) is 8.62. The van der Waals surface area contributed by atoms with Gasteiger partial charge in [0, 0.05) is 90.9 Å². The normalized spacial score (nSPS) is 25.2. The van der Waals surface area contributed by atoms with Gasteiger partial charge in [-0.25, -0.2) is 9.59 Å². The van der Waals surface area contributed by atoms with E-state index in [0.29, 0.717) is 74.2 Å². The Morgan fingerprint density at radius 3 is 1.98 bits per heavy atom. The number of morpholine rings is 1. The van der Waals surface area contributed by atoms with Crippen molar-refractivity contribution in [3.8, 4) is 0 Å². The van der Waals surface area contributed by atoms with Gasteiger partial charge in [-0.2, -0.15) is 0 Å². The van der Waals surface area contributed by atoms with Gasteiger partial charge in [0.1, 0.15) is 0 Å². The average Bonchev–Trinajstić information content (AvgIpc) is 3.38. The van der Waals surface area contributed by atoms with E-state index in [2.05, 4.69) is 39.2 Å². The Labute approximate surface area is 334 Å². The molecular weight excluding hydrogens is 741 g/mol. The Kier molecular flexibility index (Phi) is 12.9. The SMILES string of the molecule is COC(=O)C1=C(CCc2ccccc2CN2CCOCC2)NC(CC(=O)N2CCN(C3CC4CCC(C3)N4C)CC2)=C(C(=O)OC)C1c1c(Cl)cccc1Cl. The van der Waals surface area contributed by atoms with Crippen molar-refractivity contribution in [2.75, 3.05) is 73.7 Å². The topological polar surface area (TPSA) is 104 Å². The number of rotatable bonds is 11. The molecule has 3 unspecified atom stereocenters. The fraction of sp³-hybridized carbons (Fsp3) is 0.548. The van der Waals surface area contributed by atoms with Gasteiger partial charge >= 0.3 is 11.9 Å². The molecule has 2 bridgehead atoms. The summed E-state index contributed by atoms with van der Waals surface area (Å²) in [6.07, 6.45) is 5.80. The van der Waals surface area contributed by atoms with Crippen molar-refractivity contribution in [2.24, 2.45) is 0 Å². The number of fused-ring (bicyclic) bond motifs is 2. The molecule has 0 aromatic heterocycles. The Bertz CT molecular complexity index is 1790. The molecule has 4 saturated heterocycles. The second-order valence-electron chi connectivity index (χ2n) is 15.4. The van der Waals surface area contributed by atoms with Crippen molar-refractivity contribution in [3.63, 3.8) is 0 Å². The number of benzene rings is 2. The molecule has 7 rings (SSSR count). The number of halogens is 2. The van der Waals surface area contributed by atoms with Gasteiger partial charge in [-0.05, 0) is 68.8 Å². The van der Waals surface area contributed by atoms with Crippen LogP contribution in [0, 0.1) is 0 Å². The molecule has 5 aliphatic rings. The number of ether oxygens (including phenoxy) is 3. The van der Waals surface area contributed by atoms with E-state index in [1.54, 1.807) is 18.2 Å². The number of hydrogen-bond donors (Lipinski definition) is 1. The monoisotopic (exact) mass is 793 g/mol. The van der Waals surface area contributed by atoms with Crippen LogP contribution in [-0.4, -0.2) is 129 Å². The molecule has 5 aliphatic heterocycles. The molecule has 13 heteroatoms. The number of hydrogen-bond acceptors (Lipinski definition) is 10. The molecule has 0 aliphatic carbocycles. The largest absolute Gasteiger partial charge is 0.466 e. The van der Waals surface area contributed by atoms with Gasteiger partial charge in [0.2, 0.25) is 5.91 Å². The molecule has 3 atom stereocenters. The summed E-state index contributed by atoms with van der Waals surface area (Å²) in [7, 11) is 4.86. The number of carbonyl (C=O) groups excluding carboxylic acids is 3. The Hall–Kier alpha value is -3.45. The van der Waals surface area contributed by atoms with E-state index in [1.165, 1.54) is 45.5 Å². The first-order chi connectivity index (χ1) is 26.7. The maximum atomic E-state index is 14.2. The molecule has 296 valence electrons. The molecule has 4 fully saturated rings. The van der Waals surface area contributed by atoms with E-state index >= 15 is 0 Å². The van der Waals surface area contributed by atoms with E-state index in [1.807, 2.05) is 17.0 Å². The summed E-state index contributed by atoms with van der Waals surface area (Å²) in [4.78, 5) is 51.4. The van der Waals surface area contributed by atoms with Crippen LogP contribution in [0.15, 0.2) is 65.0 Å². The van der Waals surface area contributed by atoms with Gasteiger partial charge in [-0.3, -0.25) is 14.6 Å². The third-order valence-electron chi connectivity index (χ3n) is 12.5. The van der Waals surface area contributed by atoms with E-state index in [4.69, 9.17) is 37.4 Å². The van der Waals surface area contributed by atoms with Crippen LogP contribution in [0.2, 0.25) is 10.0 Å². The van der Waals surface area contributed by atoms with E-state index < -0.39 is 17.9 Å². The zero-order valence-electron chi connectivity index (χ0n) is 32.2. The van der Waals surface area contributed by atoms with Gasteiger partial charge in [-0.15, -0.1) is 0 Å². The van der Waals surface area contributed by atoms with E-state index in [-0.39, 0.29) is 33.5 Å². The van der Waals surface area contributed by atoms with E-state index in [9.17, 15) is 14.4 Å². The van der Waals surface area contributed by atoms with E-state index in [0.717, 1.165) is 38.3 Å². The minimum absolute atomic E-state index is 0.0903. The fourth-order valence-corrected chi connectivity index (χ4v) is 10.0. The first-order valence-corrected chi connectivity index (χ1v) is 20.4. The van der Waals surface area contributed by atoms with Crippen LogP contribution in [0.25, 0.3) is 0 Å². The molecule has 2 aromatic carbocycles. The van der Waals surface area contributed by atoms with Gasteiger partial charge in [-0.1, -0.05) is 53.5 Å². The molecule has 1 amide bonds. The van der Waals surface area contributed by atoms with Crippen LogP contribution >= 0.6 is 23.2 Å². The summed E-state index contributed by atoms with van der Waals surface area (Å²) in [6.45, 7) is 6.77. The van der Waals surface area contributed by atoms with Crippen molar-refractivity contribution in [3.05, 3.63) is 91.7 Å². The van der Waals surface area contributed by atoms with Gasteiger partial charge < -0.3 is 29.3 Å². The van der Waals surface area contributed by atoms with Crippen molar-refractivity contribution >= 4 is 41.0 Å². The van der Waals surface area contributed by atoms with Crippen LogP contribution in [-0.2, 0) is 41.6 Å². The summed E-state index contributed by atoms with van der Waals surface area (Å²) < 4.78 is 16.3. The van der Waals surface area contributed by atoms with Gasteiger partial charge in [0.15, 0.2) is 0 Å². The quantitative estimate of drug-likeness (QED) is 0.307. The summed E-state index contributed by atoms with van der Waals surface area (Å²) in [5, 5.41) is 3.99. The first-order valence-electron chi connectivity index (χ1n) is 19.6. The number of piperidine rings is 1. The van der Waals surface area contributed by atoms with Crippen molar-refractivity contribution in [1.82, 2.24) is 24.9 Å². The highest BCUT2D eigenvalue weighted by atomic mass is 35.5. The second kappa shape index (κ2) is 17.8. The third-order valence-corrected chi connectivity index (χ3v) is 13.1. The molecule has 11 nitrogen and oxygen atoms in total. The fourth-order valence-electron chi connectivity index (χ4n) is 9.42. The highest BCUT2D eigenvalue weighted by Crippen LogP contribution is 2.46.